The molecule has 1 aliphatic rings. The van der Waals surface area contributed by atoms with E-state index in [1.54, 1.807) is 7.11 Å². The van der Waals surface area contributed by atoms with Crippen LogP contribution in [0.1, 0.15) is 6.42 Å². The molecule has 0 aliphatic carbocycles. The molecule has 1 fully saturated rings. The highest BCUT2D eigenvalue weighted by atomic mass is 32.2. The number of nitrogens with zero attached hydrogens (tertiary/aromatic N) is 1. The van der Waals surface area contributed by atoms with Gasteiger partial charge in [-0.2, -0.15) is 0 Å². The fourth-order valence-corrected chi connectivity index (χ4v) is 3.50. The number of aliphatic imine (C=N–C) groups is 1. The smallest absolute Gasteiger partial charge is 0.240 e. The van der Waals surface area contributed by atoms with Gasteiger partial charge in [-0.1, -0.05) is 42.1 Å². The molecule has 1 aliphatic heterocycles. The summed E-state index contributed by atoms with van der Waals surface area (Å²) in [6.45, 7) is 0.974. The van der Waals surface area contributed by atoms with Crippen LogP contribution in [0.15, 0.2) is 47.5 Å². The van der Waals surface area contributed by atoms with E-state index in [0.29, 0.717) is 18.3 Å². The molecule has 0 radical (unpaired) electrons. The molecule has 7 heteroatoms. The van der Waals surface area contributed by atoms with E-state index < -0.39 is 5.25 Å². The van der Waals surface area contributed by atoms with E-state index in [1.165, 1.54) is 11.8 Å². The predicted molar refractivity (Wildman–Crippen MR) is 101 cm³/mol. The van der Waals surface area contributed by atoms with E-state index in [1.807, 2.05) is 42.5 Å². The topological polar surface area (TPSA) is 79.8 Å². The van der Waals surface area contributed by atoms with Crippen LogP contribution in [0.5, 0.6) is 0 Å². The molecule has 130 valence electrons. The van der Waals surface area contributed by atoms with Crippen LogP contribution in [0.2, 0.25) is 0 Å². The summed E-state index contributed by atoms with van der Waals surface area (Å²) < 4.78 is 4.92. The highest BCUT2D eigenvalue weighted by molar-refractivity contribution is 8.15. The minimum Gasteiger partial charge on any atom is -0.383 e. The first-order chi connectivity index (χ1) is 12.2. The minimum atomic E-state index is -0.457. The zero-order valence-electron chi connectivity index (χ0n) is 13.8. The highest BCUT2D eigenvalue weighted by Gasteiger charge is 2.31. The summed E-state index contributed by atoms with van der Waals surface area (Å²) in [7, 11) is 1.60. The van der Waals surface area contributed by atoms with Crippen molar-refractivity contribution >= 4 is 45.2 Å². The lowest BCUT2D eigenvalue weighted by Crippen LogP contribution is -2.28. The number of hydrogen-bond acceptors (Lipinski definition) is 5. The lowest BCUT2D eigenvalue weighted by Gasteiger charge is -2.08. The zero-order valence-corrected chi connectivity index (χ0v) is 14.6. The molecule has 25 heavy (non-hydrogen) atoms. The molecule has 0 bridgehead atoms. The third-order valence-corrected chi connectivity index (χ3v) is 4.85. The normalized spacial score (nSPS) is 18.5. The number of hydrogen-bond donors (Lipinski definition) is 2. The maximum atomic E-state index is 12.3. The Balaban J connectivity index is 1.58. The fraction of sp³-hybridized carbons (Fsp3) is 0.278. The molecule has 2 aromatic carbocycles. The molecule has 6 nitrogen and oxygen atoms in total. The molecule has 2 aromatic rings. The Hall–Kier alpha value is -2.38. The standard InChI is InChI=1S/C18H19N3O3S/c1-24-9-8-19-18-21-17(23)15(25-18)11-16(22)20-14-7-6-12-4-2-3-5-13(12)10-14/h2-7,10,15H,8-9,11H2,1H3,(H,20,22)(H,19,21,23). The average molecular weight is 357 g/mol. The Morgan fingerprint density at radius 1 is 1.28 bits per heavy atom. The van der Waals surface area contributed by atoms with Gasteiger partial charge in [0.25, 0.3) is 0 Å². The molecule has 0 aromatic heterocycles. The first-order valence-corrected chi connectivity index (χ1v) is 8.83. The molecule has 1 saturated heterocycles. The summed E-state index contributed by atoms with van der Waals surface area (Å²) in [5.74, 6) is -0.379. The number of benzene rings is 2. The number of ether oxygens (including phenoxy) is 1. The molecule has 1 unspecified atom stereocenters. The van der Waals surface area contributed by atoms with Crippen LogP contribution < -0.4 is 10.6 Å². The quantitative estimate of drug-likeness (QED) is 0.778. The summed E-state index contributed by atoms with van der Waals surface area (Å²) in [4.78, 5) is 28.4. The SMILES string of the molecule is COCCN=C1NC(=O)C(CC(=O)Nc2ccc3ccccc3c2)S1. The molecule has 1 heterocycles. The third-order valence-electron chi connectivity index (χ3n) is 3.73. The van der Waals surface area contributed by atoms with Crippen molar-refractivity contribution < 1.29 is 14.3 Å². The third kappa shape index (κ3) is 4.58. The molecule has 1 atom stereocenters. The first-order valence-electron chi connectivity index (χ1n) is 7.95. The van der Waals surface area contributed by atoms with Gasteiger partial charge in [-0.25, -0.2) is 0 Å². The fourth-order valence-electron chi connectivity index (χ4n) is 2.50. The van der Waals surface area contributed by atoms with E-state index >= 15 is 0 Å². The Labute approximate surface area is 150 Å². The molecule has 0 saturated carbocycles. The van der Waals surface area contributed by atoms with Gasteiger partial charge >= 0.3 is 0 Å². The van der Waals surface area contributed by atoms with Crippen LogP contribution in [-0.4, -0.2) is 42.5 Å². The Bertz CT molecular complexity index is 822. The molecular formula is C18H19N3O3S. The first kappa shape index (κ1) is 17.4. The number of amidine groups is 1. The number of carbonyl (C=O) groups is 2. The van der Waals surface area contributed by atoms with Crippen LogP contribution in [0.25, 0.3) is 10.8 Å². The number of amides is 2. The predicted octanol–water partition coefficient (Wildman–Crippen LogP) is 2.40. The zero-order chi connectivity index (χ0) is 17.6. The van der Waals surface area contributed by atoms with Crippen molar-refractivity contribution in [3.05, 3.63) is 42.5 Å². The number of nitrogens with one attached hydrogen (secondary N) is 2. The molecule has 2 amide bonds. The highest BCUT2D eigenvalue weighted by Crippen LogP contribution is 2.24. The summed E-state index contributed by atoms with van der Waals surface area (Å²) in [6.07, 6.45) is 0.104. The lowest BCUT2D eigenvalue weighted by molar-refractivity contribution is -0.122. The largest absolute Gasteiger partial charge is 0.383 e. The van der Waals surface area contributed by atoms with Gasteiger partial charge in [-0.15, -0.1) is 0 Å². The summed E-state index contributed by atoms with van der Waals surface area (Å²) in [5, 5.41) is 7.81. The minimum absolute atomic E-state index is 0.104. The Kier molecular flexibility index (Phi) is 5.67. The van der Waals surface area contributed by atoms with Crippen molar-refractivity contribution in [2.75, 3.05) is 25.6 Å². The van der Waals surface area contributed by atoms with Crippen molar-refractivity contribution in [2.24, 2.45) is 4.99 Å². The summed E-state index contributed by atoms with van der Waals surface area (Å²) >= 11 is 1.28. The molecule has 2 N–H and O–H groups in total. The average Bonchev–Trinajstić information content (AvgIpc) is 2.94. The van der Waals surface area contributed by atoms with Crippen LogP contribution in [-0.2, 0) is 14.3 Å². The summed E-state index contributed by atoms with van der Waals surface area (Å²) in [5.41, 5.74) is 0.723. The van der Waals surface area contributed by atoms with E-state index in [0.717, 1.165) is 16.5 Å². The van der Waals surface area contributed by atoms with Gasteiger partial charge in [0.2, 0.25) is 11.8 Å². The van der Waals surface area contributed by atoms with Gasteiger partial charge in [-0.3, -0.25) is 14.6 Å². The Morgan fingerprint density at radius 2 is 2.08 bits per heavy atom. The van der Waals surface area contributed by atoms with E-state index in [4.69, 9.17) is 4.74 Å². The van der Waals surface area contributed by atoms with Gasteiger partial charge < -0.3 is 15.4 Å². The van der Waals surface area contributed by atoms with Gasteiger partial charge in [-0.05, 0) is 22.9 Å². The maximum absolute atomic E-state index is 12.3. The van der Waals surface area contributed by atoms with Crippen molar-refractivity contribution in [1.82, 2.24) is 5.32 Å². The van der Waals surface area contributed by atoms with Gasteiger partial charge in [0, 0.05) is 19.2 Å². The molecule has 3 rings (SSSR count). The Morgan fingerprint density at radius 3 is 2.88 bits per heavy atom. The molecular weight excluding hydrogens is 338 g/mol. The van der Waals surface area contributed by atoms with Gasteiger partial charge in [0.05, 0.1) is 13.2 Å². The number of fused-ring (bicyclic) bond motifs is 1. The second-order valence-corrected chi connectivity index (χ2v) is 6.78. The number of carbonyl (C=O) groups excluding carboxylic acids is 2. The number of rotatable bonds is 6. The van der Waals surface area contributed by atoms with E-state index in [2.05, 4.69) is 15.6 Å². The maximum Gasteiger partial charge on any atom is 0.240 e. The lowest BCUT2D eigenvalue weighted by atomic mass is 10.1. The monoisotopic (exact) mass is 357 g/mol. The number of thioether (sulfide) groups is 1. The van der Waals surface area contributed by atoms with Crippen molar-refractivity contribution in [3.8, 4) is 0 Å². The number of anilines is 1. The van der Waals surface area contributed by atoms with Crippen LogP contribution in [0.3, 0.4) is 0 Å². The molecule has 0 spiro atoms. The second kappa shape index (κ2) is 8.13. The van der Waals surface area contributed by atoms with Crippen LogP contribution in [0.4, 0.5) is 5.69 Å². The summed E-state index contributed by atoms with van der Waals surface area (Å²) in [6, 6.07) is 13.7. The van der Waals surface area contributed by atoms with E-state index in [-0.39, 0.29) is 18.2 Å². The van der Waals surface area contributed by atoms with Crippen molar-refractivity contribution in [2.45, 2.75) is 11.7 Å². The van der Waals surface area contributed by atoms with Crippen LogP contribution in [0, 0.1) is 0 Å². The van der Waals surface area contributed by atoms with E-state index in [9.17, 15) is 9.59 Å². The second-order valence-electron chi connectivity index (χ2n) is 5.59. The van der Waals surface area contributed by atoms with Crippen LogP contribution >= 0.6 is 11.8 Å². The van der Waals surface area contributed by atoms with Gasteiger partial charge in [0.1, 0.15) is 5.25 Å². The van der Waals surface area contributed by atoms with Gasteiger partial charge in [0.15, 0.2) is 5.17 Å². The van der Waals surface area contributed by atoms with Crippen molar-refractivity contribution in [3.63, 3.8) is 0 Å². The number of methoxy groups -OCH3 is 1. The van der Waals surface area contributed by atoms with Crippen molar-refractivity contribution in [1.29, 1.82) is 0 Å².